The first-order valence-electron chi connectivity index (χ1n) is 6.07. The predicted molar refractivity (Wildman–Crippen MR) is 69.0 cm³/mol. The van der Waals surface area contributed by atoms with Gasteiger partial charge in [-0.25, -0.2) is 4.98 Å². The predicted octanol–water partition coefficient (Wildman–Crippen LogP) is 2.14. The number of rotatable bonds is 6. The second kappa shape index (κ2) is 5.89. The third-order valence-electron chi connectivity index (χ3n) is 2.97. The highest BCUT2D eigenvalue weighted by Crippen LogP contribution is 2.16. The number of hydrogen-bond acceptors (Lipinski definition) is 3. The van der Waals surface area contributed by atoms with Crippen LogP contribution in [0.2, 0.25) is 0 Å². The van der Waals surface area contributed by atoms with E-state index < -0.39 is 0 Å². The van der Waals surface area contributed by atoms with Gasteiger partial charge in [-0.05, 0) is 26.9 Å². The zero-order valence-corrected chi connectivity index (χ0v) is 11.1. The van der Waals surface area contributed by atoms with Crippen molar-refractivity contribution >= 4 is 5.95 Å². The van der Waals surface area contributed by atoms with Crippen LogP contribution in [-0.2, 0) is 0 Å². The lowest BCUT2D eigenvalue weighted by molar-refractivity contribution is 0.262. The minimum Gasteiger partial charge on any atom is -0.359 e. The molecular weight excluding hydrogens is 200 g/mol. The Kier molecular flexibility index (Phi) is 4.80. The molecule has 0 aliphatic heterocycles. The summed E-state index contributed by atoms with van der Waals surface area (Å²) >= 11 is 0. The third-order valence-corrected chi connectivity index (χ3v) is 2.97. The molecular formula is C12H24N4. The molecule has 0 radical (unpaired) electrons. The Hall–Kier alpha value is -1.03. The lowest BCUT2D eigenvalue weighted by atomic mass is 10.3. The van der Waals surface area contributed by atoms with Crippen LogP contribution in [0.1, 0.15) is 32.5 Å². The Balaban J connectivity index is 2.74. The topological polar surface area (TPSA) is 33.1 Å². The summed E-state index contributed by atoms with van der Waals surface area (Å²) in [7, 11) is 1.92. The third kappa shape index (κ3) is 2.98. The molecule has 1 rings (SSSR count). The molecule has 4 nitrogen and oxygen atoms in total. The number of likely N-dealkylation sites (N-methyl/N-ethyl adjacent to an activating group) is 1. The fraction of sp³-hybridized carbons (Fsp3) is 0.750. The van der Waals surface area contributed by atoms with E-state index >= 15 is 0 Å². The first kappa shape index (κ1) is 13.0. The van der Waals surface area contributed by atoms with Gasteiger partial charge in [-0.1, -0.05) is 13.8 Å². The molecule has 0 bridgehead atoms. The van der Waals surface area contributed by atoms with Gasteiger partial charge in [0.2, 0.25) is 5.95 Å². The Bertz CT molecular complexity index is 315. The van der Waals surface area contributed by atoms with Crippen molar-refractivity contribution < 1.29 is 0 Å². The molecule has 1 unspecified atom stereocenters. The van der Waals surface area contributed by atoms with Crippen molar-refractivity contribution in [3.8, 4) is 0 Å². The van der Waals surface area contributed by atoms with Crippen molar-refractivity contribution in [3.05, 3.63) is 11.9 Å². The van der Waals surface area contributed by atoms with E-state index in [9.17, 15) is 0 Å². The minimum absolute atomic E-state index is 0.448. The van der Waals surface area contributed by atoms with E-state index in [0.29, 0.717) is 6.04 Å². The first-order chi connectivity index (χ1) is 7.62. The van der Waals surface area contributed by atoms with Gasteiger partial charge in [-0.2, -0.15) is 0 Å². The van der Waals surface area contributed by atoms with Crippen molar-refractivity contribution in [3.63, 3.8) is 0 Å². The normalized spacial score (nSPS) is 13.1. The van der Waals surface area contributed by atoms with Crippen LogP contribution in [0.15, 0.2) is 6.20 Å². The van der Waals surface area contributed by atoms with Gasteiger partial charge in [0, 0.05) is 25.8 Å². The van der Waals surface area contributed by atoms with Gasteiger partial charge in [-0.3, -0.25) is 0 Å². The first-order valence-corrected chi connectivity index (χ1v) is 6.07. The summed E-state index contributed by atoms with van der Waals surface area (Å²) in [5, 5.41) is 3.14. The van der Waals surface area contributed by atoms with Crippen LogP contribution in [-0.4, -0.2) is 41.1 Å². The van der Waals surface area contributed by atoms with Crippen LogP contribution in [0.3, 0.4) is 0 Å². The highest BCUT2D eigenvalue weighted by Gasteiger charge is 2.13. The van der Waals surface area contributed by atoms with Crippen molar-refractivity contribution in [2.24, 2.45) is 0 Å². The molecule has 0 saturated carbocycles. The molecule has 0 spiro atoms. The molecule has 0 aliphatic rings. The van der Waals surface area contributed by atoms with E-state index in [4.69, 9.17) is 0 Å². The van der Waals surface area contributed by atoms with Crippen molar-refractivity contribution in [2.75, 3.05) is 32.0 Å². The molecule has 0 saturated heterocycles. The Morgan fingerprint density at radius 2 is 2.06 bits per heavy atom. The summed E-state index contributed by atoms with van der Waals surface area (Å²) < 4.78 is 2.22. The highest BCUT2D eigenvalue weighted by molar-refractivity contribution is 5.28. The Morgan fingerprint density at radius 1 is 1.44 bits per heavy atom. The van der Waals surface area contributed by atoms with Crippen molar-refractivity contribution in [1.29, 1.82) is 0 Å². The quantitative estimate of drug-likeness (QED) is 0.803. The molecule has 0 aromatic carbocycles. The fourth-order valence-electron chi connectivity index (χ4n) is 1.98. The largest absolute Gasteiger partial charge is 0.359 e. The number of anilines is 1. The second-order valence-corrected chi connectivity index (χ2v) is 4.20. The minimum atomic E-state index is 0.448. The van der Waals surface area contributed by atoms with E-state index in [2.05, 4.69) is 46.7 Å². The van der Waals surface area contributed by atoms with Gasteiger partial charge in [0.25, 0.3) is 0 Å². The summed E-state index contributed by atoms with van der Waals surface area (Å²) in [5.74, 6) is 0.956. The fourth-order valence-corrected chi connectivity index (χ4v) is 1.98. The highest BCUT2D eigenvalue weighted by atomic mass is 15.2. The zero-order valence-electron chi connectivity index (χ0n) is 11.1. The maximum absolute atomic E-state index is 4.44. The molecule has 1 heterocycles. The molecule has 1 N–H and O–H groups in total. The molecule has 1 aromatic rings. The lowest BCUT2D eigenvalue weighted by Gasteiger charge is -2.24. The molecule has 16 heavy (non-hydrogen) atoms. The van der Waals surface area contributed by atoms with Gasteiger partial charge in [-0.15, -0.1) is 0 Å². The van der Waals surface area contributed by atoms with Gasteiger partial charge in [0.1, 0.15) is 0 Å². The maximum Gasteiger partial charge on any atom is 0.203 e. The van der Waals surface area contributed by atoms with Crippen molar-refractivity contribution in [1.82, 2.24) is 14.5 Å². The monoisotopic (exact) mass is 224 g/mol. The van der Waals surface area contributed by atoms with E-state index in [0.717, 1.165) is 31.3 Å². The molecule has 1 atom stereocenters. The smallest absolute Gasteiger partial charge is 0.203 e. The van der Waals surface area contributed by atoms with Crippen LogP contribution in [0, 0.1) is 6.92 Å². The summed E-state index contributed by atoms with van der Waals surface area (Å²) in [6, 6.07) is 0.448. The van der Waals surface area contributed by atoms with E-state index in [1.54, 1.807) is 0 Å². The van der Waals surface area contributed by atoms with Gasteiger partial charge in [0.15, 0.2) is 0 Å². The van der Waals surface area contributed by atoms with Crippen LogP contribution in [0.5, 0.6) is 0 Å². The molecule has 0 aliphatic carbocycles. The lowest BCUT2D eigenvalue weighted by Crippen LogP contribution is -2.29. The number of aromatic nitrogens is 2. The van der Waals surface area contributed by atoms with Gasteiger partial charge < -0.3 is 14.8 Å². The number of nitrogens with one attached hydrogen (secondary N) is 1. The Labute approximate surface area is 98.7 Å². The van der Waals surface area contributed by atoms with Gasteiger partial charge in [0.05, 0.1) is 5.69 Å². The van der Waals surface area contributed by atoms with Crippen LogP contribution >= 0.6 is 0 Å². The zero-order chi connectivity index (χ0) is 12.1. The molecule has 0 fully saturated rings. The summed E-state index contributed by atoms with van der Waals surface area (Å²) in [6.07, 6.45) is 2.11. The van der Waals surface area contributed by atoms with Crippen LogP contribution < -0.4 is 5.32 Å². The van der Waals surface area contributed by atoms with Crippen molar-refractivity contribution in [2.45, 2.75) is 33.7 Å². The SMILES string of the molecule is CCN(CC)CC(C)n1cc(C)nc1NC. The number of aryl methyl sites for hydroxylation is 1. The molecule has 0 amide bonds. The summed E-state index contributed by atoms with van der Waals surface area (Å²) in [4.78, 5) is 6.87. The molecule has 4 heteroatoms. The number of nitrogens with zero attached hydrogens (tertiary/aromatic N) is 3. The second-order valence-electron chi connectivity index (χ2n) is 4.20. The van der Waals surface area contributed by atoms with Crippen LogP contribution in [0.4, 0.5) is 5.95 Å². The van der Waals surface area contributed by atoms with E-state index in [1.165, 1.54) is 0 Å². The van der Waals surface area contributed by atoms with Gasteiger partial charge >= 0.3 is 0 Å². The molecule has 92 valence electrons. The average molecular weight is 224 g/mol. The summed E-state index contributed by atoms with van der Waals surface area (Å²) in [5.41, 5.74) is 1.07. The Morgan fingerprint density at radius 3 is 2.56 bits per heavy atom. The summed E-state index contributed by atoms with van der Waals surface area (Å²) in [6.45, 7) is 11.9. The number of imidazole rings is 1. The van der Waals surface area contributed by atoms with Crippen LogP contribution in [0.25, 0.3) is 0 Å². The maximum atomic E-state index is 4.44. The molecule has 1 aromatic heterocycles. The van der Waals surface area contributed by atoms with E-state index in [-0.39, 0.29) is 0 Å². The van der Waals surface area contributed by atoms with E-state index in [1.807, 2.05) is 14.0 Å². The standard InChI is InChI=1S/C12H24N4/c1-6-15(7-2)9-11(4)16-8-10(3)14-12(16)13-5/h8,11H,6-7,9H2,1-5H3,(H,13,14). The number of hydrogen-bond donors (Lipinski definition) is 1. The average Bonchev–Trinajstić information content (AvgIpc) is 2.67.